The summed E-state index contributed by atoms with van der Waals surface area (Å²) in [7, 11) is 0. The van der Waals surface area contributed by atoms with Gasteiger partial charge in [-0.1, -0.05) is 23.6 Å². The molecule has 2 saturated heterocycles. The fraction of sp³-hybridized carbons (Fsp3) is 0.750. The van der Waals surface area contributed by atoms with Crippen molar-refractivity contribution < 1.29 is 9.53 Å². The normalized spacial score (nSPS) is 35.7. The minimum Gasteiger partial charge on any atom is -0.458 e. The molecule has 3 heteroatoms. The molecule has 0 amide bonds. The van der Waals surface area contributed by atoms with Gasteiger partial charge in [-0.15, -0.1) is 0 Å². The number of hydrogen-bond donors (Lipinski definition) is 0. The van der Waals surface area contributed by atoms with Crippen molar-refractivity contribution in [1.82, 2.24) is 4.90 Å². The summed E-state index contributed by atoms with van der Waals surface area (Å²) in [6, 6.07) is 0. The Bertz CT molecular complexity index is 488. The van der Waals surface area contributed by atoms with E-state index in [9.17, 15) is 4.79 Å². The van der Waals surface area contributed by atoms with E-state index in [4.69, 9.17) is 4.74 Å². The molecule has 3 atom stereocenters. The monoisotopic (exact) mass is 317 g/mol. The predicted molar refractivity (Wildman–Crippen MR) is 93.1 cm³/mol. The Balaban J connectivity index is 1.74. The van der Waals surface area contributed by atoms with Gasteiger partial charge in [0.1, 0.15) is 6.10 Å². The number of fused-ring (bicyclic) bond motifs is 1. The molecule has 3 rings (SSSR count). The number of nitrogens with zero attached hydrogens (tertiary/aromatic N) is 1. The first-order chi connectivity index (χ1) is 11.1. The topological polar surface area (TPSA) is 29.5 Å². The zero-order valence-corrected chi connectivity index (χ0v) is 14.7. The van der Waals surface area contributed by atoms with Gasteiger partial charge in [0, 0.05) is 12.5 Å². The quantitative estimate of drug-likeness (QED) is 0.567. The Morgan fingerprint density at radius 2 is 1.91 bits per heavy atom. The summed E-state index contributed by atoms with van der Waals surface area (Å²) in [5.41, 5.74) is 2.83. The van der Waals surface area contributed by atoms with Gasteiger partial charge < -0.3 is 9.64 Å². The van der Waals surface area contributed by atoms with Crippen molar-refractivity contribution >= 4 is 5.97 Å². The SMILES string of the molecule is CC1=CCC/C(C)=C/[C@H]2OC(=O)[C@@H](CN3CCCCC3)[C@@H]2CC1. The zero-order chi connectivity index (χ0) is 16.2. The summed E-state index contributed by atoms with van der Waals surface area (Å²) in [5, 5.41) is 0. The summed E-state index contributed by atoms with van der Waals surface area (Å²) >= 11 is 0. The van der Waals surface area contributed by atoms with Crippen molar-refractivity contribution in [3.8, 4) is 0 Å². The number of carbonyl (C=O) groups excluding carboxylic acids is 1. The average molecular weight is 317 g/mol. The van der Waals surface area contributed by atoms with E-state index < -0.39 is 0 Å². The molecule has 0 saturated carbocycles. The van der Waals surface area contributed by atoms with Crippen molar-refractivity contribution in [3.05, 3.63) is 23.3 Å². The maximum atomic E-state index is 12.5. The average Bonchev–Trinajstić information content (AvgIpc) is 2.81. The predicted octanol–water partition coefficient (Wildman–Crippen LogP) is 4.10. The third kappa shape index (κ3) is 4.26. The first-order valence-electron chi connectivity index (χ1n) is 9.39. The van der Waals surface area contributed by atoms with E-state index in [1.54, 1.807) is 0 Å². The van der Waals surface area contributed by atoms with Crippen LogP contribution in [0, 0.1) is 11.8 Å². The van der Waals surface area contributed by atoms with Gasteiger partial charge in [-0.05, 0) is 71.5 Å². The molecule has 0 unspecified atom stereocenters. The molecule has 3 nitrogen and oxygen atoms in total. The van der Waals surface area contributed by atoms with Crippen molar-refractivity contribution in [3.63, 3.8) is 0 Å². The highest BCUT2D eigenvalue weighted by atomic mass is 16.6. The van der Waals surface area contributed by atoms with Gasteiger partial charge in [-0.2, -0.15) is 0 Å². The van der Waals surface area contributed by atoms with E-state index in [1.165, 1.54) is 30.4 Å². The number of hydrogen-bond acceptors (Lipinski definition) is 3. The number of carbonyl (C=O) groups is 1. The Morgan fingerprint density at radius 3 is 2.70 bits per heavy atom. The maximum Gasteiger partial charge on any atom is 0.311 e. The van der Waals surface area contributed by atoms with Crippen molar-refractivity contribution in [2.45, 2.75) is 64.9 Å². The Morgan fingerprint density at radius 1 is 1.13 bits per heavy atom. The number of rotatable bonds is 2. The van der Waals surface area contributed by atoms with E-state index >= 15 is 0 Å². The third-order valence-electron chi connectivity index (χ3n) is 5.75. The van der Waals surface area contributed by atoms with E-state index in [0.29, 0.717) is 5.92 Å². The molecule has 0 radical (unpaired) electrons. The summed E-state index contributed by atoms with van der Waals surface area (Å²) in [4.78, 5) is 15.0. The van der Waals surface area contributed by atoms with Crippen LogP contribution in [0.15, 0.2) is 23.3 Å². The van der Waals surface area contributed by atoms with Gasteiger partial charge >= 0.3 is 5.97 Å². The summed E-state index contributed by atoms with van der Waals surface area (Å²) in [6.45, 7) is 7.60. The van der Waals surface area contributed by atoms with Gasteiger partial charge in [0.25, 0.3) is 0 Å². The van der Waals surface area contributed by atoms with Gasteiger partial charge in [0.15, 0.2) is 0 Å². The standard InChI is InChI=1S/C20H31NO2/c1-15-7-6-8-16(2)13-19-17(10-9-15)18(20(22)23-19)14-21-11-4-3-5-12-21/h7,13,17-19H,3-6,8-12,14H2,1-2H3/b15-7?,16-13+/t17-,18-,19+/m0/s1. The first kappa shape index (κ1) is 16.8. The van der Waals surface area contributed by atoms with Crippen LogP contribution in [0.2, 0.25) is 0 Å². The van der Waals surface area contributed by atoms with Crippen LogP contribution in [0.25, 0.3) is 0 Å². The lowest BCUT2D eigenvalue weighted by Crippen LogP contribution is -2.38. The molecule has 1 aliphatic carbocycles. The Hall–Kier alpha value is -1.09. The molecule has 23 heavy (non-hydrogen) atoms. The largest absolute Gasteiger partial charge is 0.458 e. The van der Waals surface area contributed by atoms with Crippen molar-refractivity contribution in [1.29, 1.82) is 0 Å². The molecule has 0 aromatic carbocycles. The molecule has 2 aliphatic heterocycles. The van der Waals surface area contributed by atoms with Crippen LogP contribution < -0.4 is 0 Å². The molecule has 0 aromatic rings. The van der Waals surface area contributed by atoms with E-state index in [1.807, 2.05) is 0 Å². The molecule has 2 fully saturated rings. The van der Waals surface area contributed by atoms with Crippen molar-refractivity contribution in [2.75, 3.05) is 19.6 Å². The smallest absolute Gasteiger partial charge is 0.311 e. The van der Waals surface area contributed by atoms with Crippen LogP contribution in [0.5, 0.6) is 0 Å². The molecule has 0 bridgehead atoms. The van der Waals surface area contributed by atoms with E-state index in [0.717, 1.165) is 45.3 Å². The van der Waals surface area contributed by atoms with Crippen LogP contribution in [0.3, 0.4) is 0 Å². The van der Waals surface area contributed by atoms with Crippen LogP contribution in [0.4, 0.5) is 0 Å². The second kappa shape index (κ2) is 7.65. The lowest BCUT2D eigenvalue weighted by atomic mass is 9.83. The molecule has 128 valence electrons. The molecule has 0 N–H and O–H groups in total. The minimum absolute atomic E-state index is 0.00295. The minimum atomic E-state index is 0.00295. The highest BCUT2D eigenvalue weighted by Crippen LogP contribution is 2.36. The Labute approximate surface area is 140 Å². The van der Waals surface area contributed by atoms with Gasteiger partial charge in [0.05, 0.1) is 5.92 Å². The number of piperidine rings is 1. The van der Waals surface area contributed by atoms with Gasteiger partial charge in [0.2, 0.25) is 0 Å². The highest BCUT2D eigenvalue weighted by Gasteiger charge is 2.43. The molecule has 3 aliphatic rings. The maximum absolute atomic E-state index is 12.5. The molecular formula is C20H31NO2. The fourth-order valence-electron chi connectivity index (χ4n) is 4.27. The molecule has 2 heterocycles. The highest BCUT2D eigenvalue weighted by molar-refractivity contribution is 5.76. The third-order valence-corrected chi connectivity index (χ3v) is 5.75. The van der Waals surface area contributed by atoms with Crippen LogP contribution in [-0.4, -0.2) is 36.6 Å². The molecule has 0 spiro atoms. The summed E-state index contributed by atoms with van der Waals surface area (Å²) < 4.78 is 5.80. The van der Waals surface area contributed by atoms with Gasteiger partial charge in [-0.25, -0.2) is 0 Å². The van der Waals surface area contributed by atoms with Crippen molar-refractivity contribution in [2.24, 2.45) is 11.8 Å². The fourth-order valence-corrected chi connectivity index (χ4v) is 4.27. The van der Waals surface area contributed by atoms with E-state index in [2.05, 4.69) is 30.9 Å². The zero-order valence-electron chi connectivity index (χ0n) is 14.7. The number of likely N-dealkylation sites (tertiary alicyclic amines) is 1. The van der Waals surface area contributed by atoms with Crippen LogP contribution in [0.1, 0.15) is 58.8 Å². The number of ether oxygens (including phenoxy) is 1. The lowest BCUT2D eigenvalue weighted by molar-refractivity contribution is -0.143. The summed E-state index contributed by atoms with van der Waals surface area (Å²) in [6.07, 6.45) is 12.8. The second-order valence-electron chi connectivity index (χ2n) is 7.67. The first-order valence-corrected chi connectivity index (χ1v) is 9.39. The summed E-state index contributed by atoms with van der Waals surface area (Å²) in [5.74, 6) is 0.450. The molecular weight excluding hydrogens is 286 g/mol. The number of esters is 1. The lowest BCUT2D eigenvalue weighted by Gasteiger charge is -2.30. The van der Waals surface area contributed by atoms with Gasteiger partial charge in [-0.3, -0.25) is 4.79 Å². The van der Waals surface area contributed by atoms with E-state index in [-0.39, 0.29) is 18.0 Å². The second-order valence-corrected chi connectivity index (χ2v) is 7.67. The van der Waals surface area contributed by atoms with Crippen LogP contribution in [-0.2, 0) is 9.53 Å². The van der Waals surface area contributed by atoms with Crippen LogP contribution >= 0.6 is 0 Å². The number of allylic oxidation sites excluding steroid dienone is 3. The Kier molecular flexibility index (Phi) is 5.58. The molecule has 0 aromatic heterocycles.